The summed E-state index contributed by atoms with van der Waals surface area (Å²) in [5.41, 5.74) is 5.63. The van der Waals surface area contributed by atoms with Crippen molar-refractivity contribution < 1.29 is 9.53 Å². The fourth-order valence-corrected chi connectivity index (χ4v) is 4.10. The zero-order chi connectivity index (χ0) is 21.8. The van der Waals surface area contributed by atoms with Crippen LogP contribution in [-0.2, 0) is 13.2 Å². The van der Waals surface area contributed by atoms with Crippen LogP contribution in [-0.4, -0.2) is 20.7 Å². The number of nitrogens with zero attached hydrogens (tertiary/aromatic N) is 3. The first kappa shape index (κ1) is 20.8. The predicted octanol–water partition coefficient (Wildman–Crippen LogP) is 5.14. The molecule has 0 atom stereocenters. The second kappa shape index (κ2) is 9.14. The van der Waals surface area contributed by atoms with Crippen molar-refractivity contribution in [3.8, 4) is 5.75 Å². The minimum atomic E-state index is -0.226. The molecule has 2 heterocycles. The lowest BCUT2D eigenvalue weighted by Gasteiger charge is -2.07. The summed E-state index contributed by atoms with van der Waals surface area (Å²) in [6, 6.07) is 16.1. The van der Waals surface area contributed by atoms with E-state index in [2.05, 4.69) is 40.5 Å². The number of hydrogen-bond donors (Lipinski definition) is 1. The van der Waals surface area contributed by atoms with Gasteiger partial charge in [-0.2, -0.15) is 0 Å². The van der Waals surface area contributed by atoms with Crippen LogP contribution in [0.15, 0.2) is 60.2 Å². The minimum absolute atomic E-state index is 0.226. The summed E-state index contributed by atoms with van der Waals surface area (Å²) < 4.78 is 7.60. The molecule has 4 rings (SSSR count). The molecular formula is C24H24N4O2S. The van der Waals surface area contributed by atoms with Crippen LogP contribution in [0.25, 0.3) is 0 Å². The van der Waals surface area contributed by atoms with Crippen LogP contribution < -0.4 is 10.1 Å². The third-order valence-corrected chi connectivity index (χ3v) is 5.81. The van der Waals surface area contributed by atoms with E-state index in [0.717, 1.165) is 28.0 Å². The smallest absolute Gasteiger partial charge is 0.268 e. The molecule has 0 unspecified atom stereocenters. The quantitative estimate of drug-likeness (QED) is 0.439. The number of nitrogens with one attached hydrogen (secondary N) is 1. The number of benzene rings is 2. The Kier molecular flexibility index (Phi) is 6.13. The number of thiophene rings is 1. The highest BCUT2D eigenvalue weighted by atomic mass is 32.1. The van der Waals surface area contributed by atoms with Gasteiger partial charge in [0.2, 0.25) is 5.95 Å². The van der Waals surface area contributed by atoms with Gasteiger partial charge in [0.1, 0.15) is 18.7 Å². The zero-order valence-corrected chi connectivity index (χ0v) is 18.6. The van der Waals surface area contributed by atoms with E-state index in [1.54, 1.807) is 11.0 Å². The van der Waals surface area contributed by atoms with Gasteiger partial charge < -0.3 is 4.74 Å². The maximum Gasteiger partial charge on any atom is 0.268 e. The van der Waals surface area contributed by atoms with Crippen molar-refractivity contribution in [3.05, 3.63) is 92.9 Å². The largest absolute Gasteiger partial charge is 0.489 e. The maximum absolute atomic E-state index is 12.6. The van der Waals surface area contributed by atoms with Gasteiger partial charge in [0.05, 0.1) is 11.4 Å². The summed E-state index contributed by atoms with van der Waals surface area (Å²) in [5.74, 6) is 0.898. The molecule has 0 spiro atoms. The first-order chi connectivity index (χ1) is 15.0. The molecule has 31 heavy (non-hydrogen) atoms. The Balaban J connectivity index is 1.35. The number of aromatic nitrogens is 3. The molecule has 0 aliphatic rings. The number of carbonyl (C=O) groups excluding carboxylic acids is 1. The third kappa shape index (κ3) is 5.38. The number of amides is 1. The molecule has 4 aromatic rings. The van der Waals surface area contributed by atoms with Gasteiger partial charge in [0.15, 0.2) is 0 Å². The molecule has 0 fully saturated rings. The zero-order valence-electron chi connectivity index (χ0n) is 17.8. The van der Waals surface area contributed by atoms with Crippen molar-refractivity contribution in [3.63, 3.8) is 0 Å². The van der Waals surface area contributed by atoms with Crippen molar-refractivity contribution in [1.29, 1.82) is 0 Å². The number of rotatable bonds is 7. The van der Waals surface area contributed by atoms with Gasteiger partial charge in [-0.05, 0) is 66.6 Å². The molecule has 2 aromatic heterocycles. The van der Waals surface area contributed by atoms with Crippen molar-refractivity contribution in [2.45, 2.75) is 33.9 Å². The van der Waals surface area contributed by atoms with E-state index in [4.69, 9.17) is 4.74 Å². The molecule has 0 saturated carbocycles. The van der Waals surface area contributed by atoms with E-state index < -0.39 is 0 Å². The summed E-state index contributed by atoms with van der Waals surface area (Å²) in [6.07, 6.45) is 1.62. The van der Waals surface area contributed by atoms with E-state index in [-0.39, 0.29) is 5.91 Å². The van der Waals surface area contributed by atoms with Gasteiger partial charge in [-0.25, -0.2) is 9.67 Å². The fourth-order valence-electron chi connectivity index (χ4n) is 3.31. The number of carbonyl (C=O) groups is 1. The number of aryl methyl sites for hydroxylation is 3. The Bertz CT molecular complexity index is 1190. The fraction of sp³-hybridized carbons (Fsp3) is 0.208. The maximum atomic E-state index is 12.6. The third-order valence-electron chi connectivity index (χ3n) is 4.83. The van der Waals surface area contributed by atoms with Crippen LogP contribution >= 0.6 is 11.3 Å². The second-order valence-electron chi connectivity index (χ2n) is 7.58. The molecule has 1 amide bonds. The van der Waals surface area contributed by atoms with Crippen LogP contribution in [0.5, 0.6) is 5.75 Å². The molecular weight excluding hydrogens is 408 g/mol. The molecule has 6 nitrogen and oxygen atoms in total. The number of hydrogen-bond acceptors (Lipinski definition) is 5. The van der Waals surface area contributed by atoms with Gasteiger partial charge in [0, 0.05) is 5.56 Å². The van der Waals surface area contributed by atoms with Crippen molar-refractivity contribution in [2.75, 3.05) is 5.32 Å². The Hall–Kier alpha value is -3.45. The average Bonchev–Trinajstić information content (AvgIpc) is 3.37. The summed E-state index contributed by atoms with van der Waals surface area (Å²) in [6.45, 7) is 7.17. The van der Waals surface area contributed by atoms with Crippen LogP contribution in [0.2, 0.25) is 0 Å². The predicted molar refractivity (Wildman–Crippen MR) is 123 cm³/mol. The molecule has 2 aromatic carbocycles. The van der Waals surface area contributed by atoms with Gasteiger partial charge in [-0.15, -0.1) is 16.4 Å². The van der Waals surface area contributed by atoms with Crippen molar-refractivity contribution >= 4 is 23.2 Å². The summed E-state index contributed by atoms with van der Waals surface area (Å²) in [4.78, 5) is 17.4. The van der Waals surface area contributed by atoms with E-state index in [1.807, 2.05) is 49.6 Å². The lowest BCUT2D eigenvalue weighted by molar-refractivity contribution is 0.102. The van der Waals surface area contributed by atoms with Gasteiger partial charge >= 0.3 is 0 Å². The van der Waals surface area contributed by atoms with Crippen LogP contribution in [0, 0.1) is 20.8 Å². The Morgan fingerprint density at radius 3 is 2.65 bits per heavy atom. The number of anilines is 1. The van der Waals surface area contributed by atoms with Gasteiger partial charge in [-0.3, -0.25) is 10.1 Å². The molecule has 0 saturated heterocycles. The monoisotopic (exact) mass is 432 g/mol. The van der Waals surface area contributed by atoms with Crippen LogP contribution in [0.3, 0.4) is 0 Å². The second-order valence-corrected chi connectivity index (χ2v) is 8.49. The van der Waals surface area contributed by atoms with Crippen LogP contribution in [0.4, 0.5) is 5.95 Å². The van der Waals surface area contributed by atoms with Gasteiger partial charge in [-0.1, -0.05) is 30.3 Å². The molecule has 1 N–H and O–H groups in total. The molecule has 0 aliphatic carbocycles. The molecule has 7 heteroatoms. The lowest BCUT2D eigenvalue weighted by atomic mass is 10.1. The Morgan fingerprint density at radius 2 is 1.87 bits per heavy atom. The highest BCUT2D eigenvalue weighted by molar-refractivity contribution is 7.12. The average molecular weight is 433 g/mol. The standard InChI is InChI=1S/C24H24N4O2S/c1-16-8-17(2)10-21(9-16)30-13-19-11-22(31-14-19)23(29)26-24-25-15-28(27-24)12-20-7-5-4-6-18(20)3/h4-11,14-15H,12-13H2,1-3H3,(H,26,27,29). The Labute approximate surface area is 185 Å². The molecule has 0 radical (unpaired) electrons. The summed E-state index contributed by atoms with van der Waals surface area (Å²) >= 11 is 1.38. The molecule has 0 aliphatic heterocycles. The lowest BCUT2D eigenvalue weighted by Crippen LogP contribution is -2.12. The summed E-state index contributed by atoms with van der Waals surface area (Å²) in [5, 5.41) is 9.07. The van der Waals surface area contributed by atoms with Crippen molar-refractivity contribution in [1.82, 2.24) is 14.8 Å². The normalized spacial score (nSPS) is 10.8. The van der Waals surface area contributed by atoms with E-state index in [0.29, 0.717) is 24.0 Å². The molecule has 0 bridgehead atoms. The van der Waals surface area contributed by atoms with E-state index in [1.165, 1.54) is 16.9 Å². The number of ether oxygens (including phenoxy) is 1. The van der Waals surface area contributed by atoms with Crippen LogP contribution in [0.1, 0.15) is 37.5 Å². The highest BCUT2D eigenvalue weighted by Gasteiger charge is 2.13. The highest BCUT2D eigenvalue weighted by Crippen LogP contribution is 2.21. The minimum Gasteiger partial charge on any atom is -0.489 e. The van der Waals surface area contributed by atoms with Crippen molar-refractivity contribution in [2.24, 2.45) is 0 Å². The molecule has 158 valence electrons. The Morgan fingerprint density at radius 1 is 1.10 bits per heavy atom. The van der Waals surface area contributed by atoms with Gasteiger partial charge in [0.25, 0.3) is 5.91 Å². The first-order valence-electron chi connectivity index (χ1n) is 10.00. The topological polar surface area (TPSA) is 69.0 Å². The SMILES string of the molecule is Cc1cc(C)cc(OCc2csc(C(=O)Nc3ncn(Cc4ccccc4C)n3)c2)c1. The van der Waals surface area contributed by atoms with E-state index in [9.17, 15) is 4.79 Å². The summed E-state index contributed by atoms with van der Waals surface area (Å²) in [7, 11) is 0. The first-order valence-corrected chi connectivity index (χ1v) is 10.9. The van der Waals surface area contributed by atoms with E-state index >= 15 is 0 Å².